The van der Waals surface area contributed by atoms with Gasteiger partial charge in [-0.3, -0.25) is 0 Å². The molecule has 18 heavy (non-hydrogen) atoms. The topological polar surface area (TPSA) is 0 Å². The Hall–Kier alpha value is -0.0314. The van der Waals surface area contributed by atoms with Crippen LogP contribution in [-0.4, -0.2) is 0 Å². The molecule has 0 N–H and O–H groups in total. The molecule has 0 aromatic carbocycles. The van der Waals surface area contributed by atoms with Crippen molar-refractivity contribution in [3.8, 4) is 0 Å². The fraction of sp³-hybridized carbons (Fsp3) is 0.200. The summed E-state index contributed by atoms with van der Waals surface area (Å²) in [6.07, 6.45) is 15.1. The number of allylic oxidation sites excluding steroid dienone is 8. The molecule has 0 fully saturated rings. The minimum absolute atomic E-state index is 0. The Labute approximate surface area is 126 Å². The van der Waals surface area contributed by atoms with E-state index in [-0.39, 0.29) is 28.2 Å². The normalized spacial score (nSPS) is 12.4. The zero-order valence-corrected chi connectivity index (χ0v) is 12.3. The summed E-state index contributed by atoms with van der Waals surface area (Å²) in [5.41, 5.74) is 0. The minimum atomic E-state index is 0. The fourth-order valence-electron chi connectivity index (χ4n) is 0.894. The van der Waals surface area contributed by atoms with Gasteiger partial charge in [0, 0.05) is 0 Å². The van der Waals surface area contributed by atoms with Gasteiger partial charge in [0.2, 0.25) is 0 Å². The third-order valence-electron chi connectivity index (χ3n) is 1.54. The van der Waals surface area contributed by atoms with E-state index in [1.165, 1.54) is 20.6 Å². The van der Waals surface area contributed by atoms with Crippen molar-refractivity contribution >= 4 is 0 Å². The summed E-state index contributed by atoms with van der Waals surface area (Å²) in [6.45, 7) is 0. The molecule has 0 nitrogen and oxygen atoms in total. The number of rotatable bonds is 0. The maximum atomic E-state index is 2.16. The molecular formula is C10H10F6Ti2. The van der Waals surface area contributed by atoms with Crippen LogP contribution in [0.15, 0.2) is 44.2 Å². The van der Waals surface area contributed by atoms with Crippen LogP contribution in [0.4, 0.5) is 0 Å². The van der Waals surface area contributed by atoms with E-state index < -0.39 is 0 Å². The van der Waals surface area contributed by atoms with Gasteiger partial charge in [-0.05, 0) is 0 Å². The number of halogens is 6. The van der Waals surface area contributed by atoms with Crippen molar-refractivity contribution in [2.75, 3.05) is 0 Å². The summed E-state index contributed by atoms with van der Waals surface area (Å²) in [5, 5.41) is 0. The molecule has 0 atom stereocenters. The Bertz CT molecular complexity index is 246. The maximum absolute atomic E-state index is 2.16. The Morgan fingerprint density at radius 3 is 0.944 bits per heavy atom. The van der Waals surface area contributed by atoms with Crippen molar-refractivity contribution < 1.29 is 69.1 Å². The summed E-state index contributed by atoms with van der Waals surface area (Å²) in [6, 6.07) is 0. The summed E-state index contributed by atoms with van der Waals surface area (Å²) >= 11 is 4.28. The Balaban J connectivity index is -0.0000000300. The molecule has 0 aliphatic heterocycles. The predicted octanol–water partition coefficient (Wildman–Crippen LogP) is -15.2. The van der Waals surface area contributed by atoms with Crippen LogP contribution in [-0.2, 0) is 40.9 Å². The molecule has 0 bridgehead atoms. The molecule has 0 saturated heterocycles. The average Bonchev–Trinajstić information content (AvgIpc) is 2.63. The van der Waals surface area contributed by atoms with Gasteiger partial charge in [0.25, 0.3) is 0 Å². The molecule has 0 aromatic heterocycles. The van der Waals surface area contributed by atoms with Gasteiger partial charge >= 0.3 is 97.9 Å². The quantitative estimate of drug-likeness (QED) is 0.304. The van der Waals surface area contributed by atoms with Crippen LogP contribution in [0.5, 0.6) is 0 Å². The summed E-state index contributed by atoms with van der Waals surface area (Å²) in [7, 11) is 0. The summed E-state index contributed by atoms with van der Waals surface area (Å²) in [5.74, 6) is 0. The zero-order valence-electron chi connectivity index (χ0n) is 9.15. The monoisotopic (exact) mass is 340 g/mol. The van der Waals surface area contributed by atoms with Crippen LogP contribution < -0.4 is 28.2 Å². The predicted molar refractivity (Wildman–Crippen MR) is 43.7 cm³/mol. The van der Waals surface area contributed by atoms with E-state index in [0.29, 0.717) is 0 Å². The van der Waals surface area contributed by atoms with E-state index >= 15 is 0 Å². The number of hydrogen-bond donors (Lipinski definition) is 0. The third-order valence-corrected chi connectivity index (χ3v) is 2.70. The van der Waals surface area contributed by atoms with E-state index in [1.807, 2.05) is 0 Å². The van der Waals surface area contributed by atoms with Gasteiger partial charge < -0.3 is 28.2 Å². The van der Waals surface area contributed by atoms with Gasteiger partial charge in [-0.15, -0.1) is 0 Å². The van der Waals surface area contributed by atoms with Crippen molar-refractivity contribution in [3.05, 3.63) is 44.2 Å². The first-order valence-corrected chi connectivity index (χ1v) is 5.50. The molecule has 2 rings (SSSR count). The molecule has 0 amide bonds. The molecule has 0 unspecified atom stereocenters. The van der Waals surface area contributed by atoms with Crippen molar-refractivity contribution in [2.45, 2.75) is 12.8 Å². The van der Waals surface area contributed by atoms with Gasteiger partial charge in [-0.1, -0.05) is 0 Å². The van der Waals surface area contributed by atoms with Crippen LogP contribution in [0.25, 0.3) is 0 Å². The van der Waals surface area contributed by atoms with Crippen LogP contribution in [0.3, 0.4) is 0 Å². The first kappa shape index (κ1) is 36.1. The molecule has 100 valence electrons. The first-order chi connectivity index (χ1) is 5.79. The van der Waals surface area contributed by atoms with Crippen LogP contribution in [0, 0.1) is 0 Å². The molecule has 0 saturated carbocycles. The molecule has 0 spiro atoms. The van der Waals surface area contributed by atoms with E-state index in [4.69, 9.17) is 0 Å². The van der Waals surface area contributed by atoms with Gasteiger partial charge in [0.1, 0.15) is 0 Å². The van der Waals surface area contributed by atoms with E-state index in [1.54, 1.807) is 0 Å². The molecule has 8 heteroatoms. The molecule has 0 aromatic rings. The standard InChI is InChI=1S/2C5H5.6FH.2Ti/c2*1-2-4-5-3-1;;;;;;;;/h2*1-3H,4H2;6*1H;;/q;;;;;;;;2*+3/p-6. The molecule has 2 aliphatic carbocycles. The van der Waals surface area contributed by atoms with Crippen molar-refractivity contribution in [3.63, 3.8) is 0 Å². The van der Waals surface area contributed by atoms with E-state index in [9.17, 15) is 0 Å². The Kier molecular flexibility index (Phi) is 44.5. The molecule has 2 aliphatic rings. The second-order valence-electron chi connectivity index (χ2n) is 2.65. The van der Waals surface area contributed by atoms with E-state index in [2.05, 4.69) is 77.3 Å². The third kappa shape index (κ3) is 18.3. The van der Waals surface area contributed by atoms with Gasteiger partial charge in [-0.25, -0.2) is 0 Å². The SMILES string of the molecule is [F-].[F-].[F-].[F-].[F-].[F-].[Ti+3][C]1=CC=CC1.[Ti+3][C]1=CC=CC1. The van der Waals surface area contributed by atoms with Crippen LogP contribution in [0.1, 0.15) is 12.8 Å². The van der Waals surface area contributed by atoms with Crippen LogP contribution >= 0.6 is 0 Å². The van der Waals surface area contributed by atoms with Crippen molar-refractivity contribution in [1.82, 2.24) is 0 Å². The summed E-state index contributed by atoms with van der Waals surface area (Å²) < 4.78 is 2.94. The van der Waals surface area contributed by atoms with Gasteiger partial charge in [0.15, 0.2) is 0 Å². The second kappa shape index (κ2) is 22.2. The number of hydrogen-bond acceptors (Lipinski definition) is 0. The molecule has 0 radical (unpaired) electrons. The fourth-order valence-corrected chi connectivity index (χ4v) is 1.56. The Morgan fingerprint density at radius 1 is 0.611 bits per heavy atom. The molecule has 0 heterocycles. The van der Waals surface area contributed by atoms with Crippen LogP contribution in [0.2, 0.25) is 0 Å². The average molecular weight is 340 g/mol. The van der Waals surface area contributed by atoms with Gasteiger partial charge in [-0.2, -0.15) is 0 Å². The van der Waals surface area contributed by atoms with Gasteiger partial charge in [0.05, 0.1) is 0 Å². The first-order valence-electron chi connectivity index (χ1n) is 3.93. The molecular weight excluding hydrogens is 330 g/mol. The van der Waals surface area contributed by atoms with Crippen molar-refractivity contribution in [1.29, 1.82) is 0 Å². The Morgan fingerprint density at radius 2 is 0.889 bits per heavy atom. The second-order valence-corrected chi connectivity index (χ2v) is 4.65. The van der Waals surface area contributed by atoms with Crippen molar-refractivity contribution in [2.24, 2.45) is 0 Å². The van der Waals surface area contributed by atoms with E-state index in [0.717, 1.165) is 0 Å². The summed E-state index contributed by atoms with van der Waals surface area (Å²) in [4.78, 5) is 0. The zero-order chi connectivity index (χ0) is 8.81.